The lowest BCUT2D eigenvalue weighted by Crippen LogP contribution is -1.97. The number of hydrogen-bond donors (Lipinski definition) is 3. The van der Waals surface area contributed by atoms with Crippen LogP contribution < -0.4 is 15.6 Å². The molecule has 3 N–H and O–H groups in total. The molecule has 3 aromatic carbocycles. The van der Waals surface area contributed by atoms with Crippen molar-refractivity contribution in [2.24, 2.45) is 10.2 Å². The lowest BCUT2D eigenvalue weighted by Gasteiger charge is -2.08. The molecule has 0 atom stereocenters. The minimum Gasteiger partial charge on any atom is -0.504 e. The molecule has 12 heteroatoms. The highest BCUT2D eigenvalue weighted by molar-refractivity contribution is 5.91. The van der Waals surface area contributed by atoms with E-state index in [1.807, 2.05) is 0 Å². The van der Waals surface area contributed by atoms with Crippen molar-refractivity contribution in [3.63, 3.8) is 0 Å². The van der Waals surface area contributed by atoms with Gasteiger partial charge in [0, 0.05) is 29.8 Å². The van der Waals surface area contributed by atoms with Crippen molar-refractivity contribution in [2.75, 3.05) is 18.0 Å². The second-order valence-electron chi connectivity index (χ2n) is 6.51. The van der Waals surface area contributed by atoms with Gasteiger partial charge in [0.05, 0.1) is 40.8 Å². The van der Waals surface area contributed by atoms with E-state index in [2.05, 4.69) is 21.1 Å². The molecule has 0 radical (unpaired) electrons. The predicted octanol–water partition coefficient (Wildman–Crippen LogP) is 4.11. The van der Waals surface area contributed by atoms with Gasteiger partial charge in [-0.15, -0.1) is 0 Å². The fourth-order valence-electron chi connectivity index (χ4n) is 2.65. The number of nitrogens with zero attached hydrogens (tertiary/aromatic N) is 4. The molecular weight excluding hydrogens is 432 g/mol. The van der Waals surface area contributed by atoms with Gasteiger partial charge in [-0.25, -0.2) is 0 Å². The van der Waals surface area contributed by atoms with Gasteiger partial charge in [-0.2, -0.15) is 10.2 Å². The maximum absolute atomic E-state index is 10.7. The van der Waals surface area contributed by atoms with Crippen LogP contribution in [0, 0.1) is 20.2 Å². The summed E-state index contributed by atoms with van der Waals surface area (Å²) >= 11 is 0. The molecule has 0 fully saturated rings. The number of phenols is 1. The number of hydrazone groups is 2. The van der Waals surface area contributed by atoms with Crippen LogP contribution in [-0.2, 0) is 0 Å². The predicted molar refractivity (Wildman–Crippen MR) is 123 cm³/mol. The van der Waals surface area contributed by atoms with Crippen molar-refractivity contribution >= 4 is 35.2 Å². The van der Waals surface area contributed by atoms with E-state index in [9.17, 15) is 25.3 Å². The van der Waals surface area contributed by atoms with E-state index in [4.69, 9.17) is 4.74 Å². The van der Waals surface area contributed by atoms with Crippen molar-refractivity contribution in [2.45, 2.75) is 0 Å². The molecule has 0 saturated heterocycles. The second-order valence-corrected chi connectivity index (χ2v) is 6.51. The zero-order chi connectivity index (χ0) is 23.8. The first-order chi connectivity index (χ1) is 15.9. The molecule has 0 aromatic heterocycles. The van der Waals surface area contributed by atoms with E-state index < -0.39 is 9.85 Å². The third-order valence-electron chi connectivity index (χ3n) is 4.31. The second kappa shape index (κ2) is 10.3. The molecule has 0 bridgehead atoms. The Bertz CT molecular complexity index is 1210. The Morgan fingerprint density at radius 1 is 0.848 bits per heavy atom. The molecule has 0 heterocycles. The first kappa shape index (κ1) is 22.7. The molecule has 0 unspecified atom stereocenters. The number of methoxy groups -OCH3 is 1. The van der Waals surface area contributed by atoms with Gasteiger partial charge in [0.2, 0.25) is 0 Å². The number of aromatic hydroxyl groups is 1. The van der Waals surface area contributed by atoms with Crippen LogP contribution in [0.2, 0.25) is 0 Å². The van der Waals surface area contributed by atoms with E-state index in [-0.39, 0.29) is 22.9 Å². The lowest BCUT2D eigenvalue weighted by molar-refractivity contribution is -0.385. The van der Waals surface area contributed by atoms with E-state index in [1.165, 1.54) is 68.1 Å². The largest absolute Gasteiger partial charge is 0.504 e. The molecule has 12 nitrogen and oxygen atoms in total. The summed E-state index contributed by atoms with van der Waals surface area (Å²) in [6, 6.07) is 14.6. The molecule has 0 saturated carbocycles. The Morgan fingerprint density at radius 3 is 1.79 bits per heavy atom. The summed E-state index contributed by atoms with van der Waals surface area (Å²) in [4.78, 5) is 20.4. The molecule has 3 rings (SSSR count). The molecule has 3 aromatic rings. The molecular formula is C21H18N6O6. The minimum absolute atomic E-state index is 0.0286. The Hall–Kier alpha value is -5.00. The number of nitro groups is 2. The van der Waals surface area contributed by atoms with Crippen molar-refractivity contribution < 1.29 is 19.7 Å². The van der Waals surface area contributed by atoms with Gasteiger partial charge in [0.25, 0.3) is 11.4 Å². The van der Waals surface area contributed by atoms with Crippen molar-refractivity contribution in [1.29, 1.82) is 0 Å². The monoisotopic (exact) mass is 450 g/mol. The number of phenolic OH excluding ortho intramolecular Hbond substituents is 1. The number of benzene rings is 3. The van der Waals surface area contributed by atoms with Crippen LogP contribution in [-0.4, -0.2) is 34.5 Å². The molecule has 168 valence electrons. The number of non-ortho nitro benzene ring substituents is 2. The summed E-state index contributed by atoms with van der Waals surface area (Å²) in [5.41, 5.74) is 7.40. The highest BCUT2D eigenvalue weighted by Crippen LogP contribution is 2.30. The van der Waals surface area contributed by atoms with Crippen LogP contribution in [0.25, 0.3) is 0 Å². The highest BCUT2D eigenvalue weighted by atomic mass is 16.6. The normalized spacial score (nSPS) is 10.9. The SMILES string of the molecule is COc1cc(/C=N/Nc2ccc([N+](=O)[O-])cc2)cc(/C=N\Nc2ccc([N+](=O)[O-])cc2)c1O. The number of anilines is 2. The summed E-state index contributed by atoms with van der Waals surface area (Å²) in [6.07, 6.45) is 2.84. The van der Waals surface area contributed by atoms with Gasteiger partial charge >= 0.3 is 0 Å². The first-order valence-electron chi connectivity index (χ1n) is 9.35. The molecule has 0 aliphatic rings. The van der Waals surface area contributed by atoms with Crippen LogP contribution in [0.4, 0.5) is 22.7 Å². The topological polar surface area (TPSA) is 165 Å². The number of rotatable bonds is 9. The van der Waals surface area contributed by atoms with E-state index in [0.29, 0.717) is 22.5 Å². The van der Waals surface area contributed by atoms with Crippen LogP contribution >= 0.6 is 0 Å². The lowest BCUT2D eigenvalue weighted by atomic mass is 10.1. The minimum atomic E-state index is -0.499. The van der Waals surface area contributed by atoms with Gasteiger partial charge in [-0.3, -0.25) is 31.1 Å². The highest BCUT2D eigenvalue weighted by Gasteiger charge is 2.09. The summed E-state index contributed by atoms with van der Waals surface area (Å²) < 4.78 is 5.18. The van der Waals surface area contributed by atoms with Gasteiger partial charge < -0.3 is 9.84 Å². The average Bonchev–Trinajstić information content (AvgIpc) is 2.81. The van der Waals surface area contributed by atoms with Crippen molar-refractivity contribution in [3.05, 3.63) is 92.0 Å². The summed E-state index contributed by atoms with van der Waals surface area (Å²) in [7, 11) is 1.40. The van der Waals surface area contributed by atoms with E-state index in [1.54, 1.807) is 12.1 Å². The fraction of sp³-hybridized carbons (Fsp3) is 0.0476. The first-order valence-corrected chi connectivity index (χ1v) is 9.35. The Labute approximate surface area is 187 Å². The van der Waals surface area contributed by atoms with E-state index >= 15 is 0 Å². The summed E-state index contributed by atoms with van der Waals surface area (Å²) in [5.74, 6) is 0.0679. The molecule has 0 spiro atoms. The smallest absolute Gasteiger partial charge is 0.269 e. The average molecular weight is 450 g/mol. The van der Waals surface area contributed by atoms with Gasteiger partial charge in [-0.1, -0.05) is 0 Å². The summed E-state index contributed by atoms with van der Waals surface area (Å²) in [6.45, 7) is 0. The fourth-order valence-corrected chi connectivity index (χ4v) is 2.65. The number of hydrogen-bond acceptors (Lipinski definition) is 10. The maximum Gasteiger partial charge on any atom is 0.269 e. The number of nitro benzene ring substituents is 2. The quantitative estimate of drug-likeness (QED) is 0.249. The summed E-state index contributed by atoms with van der Waals surface area (Å²) in [5, 5.41) is 39.9. The molecule has 0 aliphatic carbocycles. The Balaban J connectivity index is 1.72. The van der Waals surface area contributed by atoms with Gasteiger partial charge in [0.15, 0.2) is 11.5 Å². The third-order valence-corrected chi connectivity index (χ3v) is 4.31. The van der Waals surface area contributed by atoms with Gasteiger partial charge in [-0.05, 0) is 42.0 Å². The van der Waals surface area contributed by atoms with Gasteiger partial charge in [0.1, 0.15) is 0 Å². The van der Waals surface area contributed by atoms with Crippen LogP contribution in [0.15, 0.2) is 70.9 Å². The van der Waals surface area contributed by atoms with Crippen molar-refractivity contribution in [1.82, 2.24) is 0 Å². The third kappa shape index (κ3) is 6.01. The Kier molecular flexibility index (Phi) is 7.11. The molecule has 0 aliphatic heterocycles. The molecule has 33 heavy (non-hydrogen) atoms. The standard InChI is InChI=1S/C21H18N6O6/c1-33-20-11-14(12-22-24-16-2-6-18(7-3-16)26(29)30)10-15(21(20)28)13-23-25-17-4-8-19(9-5-17)27(31)32/h2-13,24-25,28H,1H3/b22-12+,23-13-. The van der Waals surface area contributed by atoms with Crippen LogP contribution in [0.5, 0.6) is 11.5 Å². The molecule has 0 amide bonds. The maximum atomic E-state index is 10.7. The van der Waals surface area contributed by atoms with E-state index in [0.717, 1.165) is 0 Å². The Morgan fingerprint density at radius 2 is 1.33 bits per heavy atom. The number of nitrogens with one attached hydrogen (secondary N) is 2. The number of ether oxygens (including phenoxy) is 1. The zero-order valence-corrected chi connectivity index (χ0v) is 17.2. The zero-order valence-electron chi connectivity index (χ0n) is 17.2. The van der Waals surface area contributed by atoms with Crippen molar-refractivity contribution in [3.8, 4) is 11.5 Å². The van der Waals surface area contributed by atoms with Crippen LogP contribution in [0.1, 0.15) is 11.1 Å². The van der Waals surface area contributed by atoms with Crippen LogP contribution in [0.3, 0.4) is 0 Å².